The Labute approximate surface area is 146 Å². The first-order valence-electron chi connectivity index (χ1n) is 8.67. The molecule has 2 aliphatic rings. The number of hydrogen-bond acceptors (Lipinski definition) is 6. The monoisotopic (exact) mass is 342 g/mol. The van der Waals surface area contributed by atoms with Gasteiger partial charge in [-0.1, -0.05) is 0 Å². The normalized spacial score (nSPS) is 21.6. The first-order chi connectivity index (χ1) is 12.2. The van der Waals surface area contributed by atoms with Gasteiger partial charge in [-0.15, -0.1) is 10.2 Å². The quantitative estimate of drug-likeness (QED) is 0.829. The van der Waals surface area contributed by atoms with Gasteiger partial charge in [-0.2, -0.15) is 0 Å². The van der Waals surface area contributed by atoms with Crippen molar-refractivity contribution in [2.24, 2.45) is 0 Å². The Morgan fingerprint density at radius 1 is 1.20 bits per heavy atom. The first-order valence-corrected chi connectivity index (χ1v) is 8.67. The van der Waals surface area contributed by atoms with Crippen molar-refractivity contribution in [3.8, 4) is 5.75 Å². The zero-order valence-corrected chi connectivity index (χ0v) is 14.5. The fourth-order valence-corrected chi connectivity index (χ4v) is 3.15. The number of piperazine rings is 1. The van der Waals surface area contributed by atoms with Crippen LogP contribution in [0.2, 0.25) is 0 Å². The molecule has 25 heavy (non-hydrogen) atoms. The summed E-state index contributed by atoms with van der Waals surface area (Å²) in [6.45, 7) is 3.85. The van der Waals surface area contributed by atoms with Gasteiger partial charge in [0, 0.05) is 24.7 Å². The molecule has 2 aromatic rings. The molecule has 1 saturated heterocycles. The molecule has 132 valence electrons. The molecule has 0 unspecified atom stereocenters. The number of carbonyl (C=O) groups is 1. The molecule has 1 saturated carbocycles. The van der Waals surface area contributed by atoms with Crippen molar-refractivity contribution in [3.05, 3.63) is 36.0 Å². The second kappa shape index (κ2) is 6.48. The van der Waals surface area contributed by atoms with Crippen molar-refractivity contribution < 1.29 is 13.9 Å². The van der Waals surface area contributed by atoms with Crippen LogP contribution in [0.25, 0.3) is 0 Å². The highest BCUT2D eigenvalue weighted by atomic mass is 16.5. The molecule has 1 atom stereocenters. The average molecular weight is 342 g/mol. The molecule has 4 rings (SSSR count). The fourth-order valence-electron chi connectivity index (χ4n) is 3.15. The largest absolute Gasteiger partial charge is 0.497 e. The Balaban J connectivity index is 1.42. The number of nitrogens with zero attached hydrogens (tertiary/aromatic N) is 4. The van der Waals surface area contributed by atoms with E-state index in [9.17, 15) is 4.79 Å². The van der Waals surface area contributed by atoms with Crippen LogP contribution in [0.3, 0.4) is 0 Å². The number of rotatable bonds is 5. The lowest BCUT2D eigenvalue weighted by Crippen LogP contribution is -2.55. The van der Waals surface area contributed by atoms with Crippen molar-refractivity contribution >= 4 is 11.6 Å². The number of hydrogen-bond donors (Lipinski definition) is 0. The predicted octanol–water partition coefficient (Wildman–Crippen LogP) is 2.19. The van der Waals surface area contributed by atoms with Crippen molar-refractivity contribution in [1.29, 1.82) is 0 Å². The lowest BCUT2D eigenvalue weighted by molar-refractivity contribution is -0.125. The van der Waals surface area contributed by atoms with E-state index < -0.39 is 0 Å². The van der Waals surface area contributed by atoms with Crippen LogP contribution in [-0.2, 0) is 11.3 Å². The van der Waals surface area contributed by atoms with Crippen LogP contribution in [-0.4, -0.2) is 47.2 Å². The van der Waals surface area contributed by atoms with Gasteiger partial charge in [0.15, 0.2) is 0 Å². The number of anilines is 1. The molecule has 7 nitrogen and oxygen atoms in total. The molecule has 1 amide bonds. The van der Waals surface area contributed by atoms with E-state index in [2.05, 4.69) is 15.1 Å². The Morgan fingerprint density at radius 2 is 1.96 bits per heavy atom. The Bertz CT molecular complexity index is 754. The maximum absolute atomic E-state index is 12.8. The van der Waals surface area contributed by atoms with E-state index in [4.69, 9.17) is 9.15 Å². The third-order valence-corrected chi connectivity index (χ3v) is 4.91. The van der Waals surface area contributed by atoms with E-state index in [1.807, 2.05) is 36.1 Å². The zero-order chi connectivity index (χ0) is 17.4. The molecular formula is C18H22N4O3. The van der Waals surface area contributed by atoms with E-state index in [-0.39, 0.29) is 11.9 Å². The van der Waals surface area contributed by atoms with Gasteiger partial charge in [0.05, 0.1) is 19.7 Å². The number of benzene rings is 1. The van der Waals surface area contributed by atoms with Crippen molar-refractivity contribution in [2.45, 2.75) is 38.3 Å². The molecule has 0 bridgehead atoms. The lowest BCUT2D eigenvalue weighted by atomic mass is 10.1. The number of ether oxygens (including phenoxy) is 1. The van der Waals surface area contributed by atoms with Gasteiger partial charge >= 0.3 is 0 Å². The third kappa shape index (κ3) is 3.24. The van der Waals surface area contributed by atoms with Crippen LogP contribution in [0.1, 0.15) is 37.5 Å². The van der Waals surface area contributed by atoms with E-state index in [1.54, 1.807) is 7.11 Å². The standard InChI is InChI=1S/C18H22N4O3/c1-12-18(23)22(14-5-7-15(24-2)8-6-14)10-9-21(12)11-16-19-20-17(25-16)13-3-4-13/h5-8,12-13H,3-4,9-11H2,1-2H3/t12-/m1/s1. The van der Waals surface area contributed by atoms with Gasteiger partial charge < -0.3 is 14.1 Å². The van der Waals surface area contributed by atoms with Crippen LogP contribution in [0.5, 0.6) is 5.75 Å². The Morgan fingerprint density at radius 3 is 2.64 bits per heavy atom. The van der Waals surface area contributed by atoms with Gasteiger partial charge in [-0.05, 0) is 44.0 Å². The maximum Gasteiger partial charge on any atom is 0.244 e. The number of carbonyl (C=O) groups excluding carboxylic acids is 1. The topological polar surface area (TPSA) is 71.7 Å². The lowest BCUT2D eigenvalue weighted by Gasteiger charge is -2.38. The SMILES string of the molecule is COc1ccc(N2CCN(Cc3nnc(C4CC4)o3)[C@H](C)C2=O)cc1. The summed E-state index contributed by atoms with van der Waals surface area (Å²) in [6.07, 6.45) is 2.27. The minimum atomic E-state index is -0.230. The third-order valence-electron chi connectivity index (χ3n) is 4.91. The van der Waals surface area contributed by atoms with Crippen LogP contribution < -0.4 is 9.64 Å². The van der Waals surface area contributed by atoms with Gasteiger partial charge in [-0.3, -0.25) is 9.69 Å². The van der Waals surface area contributed by atoms with Gasteiger partial charge in [0.1, 0.15) is 5.75 Å². The number of aromatic nitrogens is 2. The summed E-state index contributed by atoms with van der Waals surface area (Å²) in [7, 11) is 1.63. The molecule has 2 fully saturated rings. The molecule has 1 aromatic carbocycles. The smallest absolute Gasteiger partial charge is 0.244 e. The van der Waals surface area contributed by atoms with Gasteiger partial charge in [0.25, 0.3) is 0 Å². The molecule has 1 aromatic heterocycles. The molecule has 1 aliphatic heterocycles. The summed E-state index contributed by atoms with van der Waals surface area (Å²) in [5.41, 5.74) is 0.895. The molecule has 1 aliphatic carbocycles. The summed E-state index contributed by atoms with van der Waals surface area (Å²) in [4.78, 5) is 16.7. The van der Waals surface area contributed by atoms with Crippen molar-refractivity contribution in [2.75, 3.05) is 25.1 Å². The van der Waals surface area contributed by atoms with Crippen LogP contribution in [0.4, 0.5) is 5.69 Å². The Kier molecular flexibility index (Phi) is 4.17. The van der Waals surface area contributed by atoms with E-state index in [0.717, 1.165) is 36.7 Å². The summed E-state index contributed by atoms with van der Waals surface area (Å²) in [6, 6.07) is 7.35. The van der Waals surface area contributed by atoms with Crippen LogP contribution >= 0.6 is 0 Å². The summed E-state index contributed by atoms with van der Waals surface area (Å²) in [5.74, 6) is 2.65. The Hall–Kier alpha value is -2.41. The fraction of sp³-hybridized carbons (Fsp3) is 0.500. The molecule has 0 N–H and O–H groups in total. The highest BCUT2D eigenvalue weighted by Crippen LogP contribution is 2.39. The van der Waals surface area contributed by atoms with E-state index in [1.165, 1.54) is 0 Å². The molecule has 0 spiro atoms. The zero-order valence-electron chi connectivity index (χ0n) is 14.5. The second-order valence-corrected chi connectivity index (χ2v) is 6.64. The second-order valence-electron chi connectivity index (χ2n) is 6.64. The van der Waals surface area contributed by atoms with Crippen molar-refractivity contribution in [1.82, 2.24) is 15.1 Å². The summed E-state index contributed by atoms with van der Waals surface area (Å²) in [5, 5.41) is 8.25. The van der Waals surface area contributed by atoms with Gasteiger partial charge in [0.2, 0.25) is 17.7 Å². The predicted molar refractivity (Wildman–Crippen MR) is 91.5 cm³/mol. The summed E-state index contributed by atoms with van der Waals surface area (Å²) >= 11 is 0. The van der Waals surface area contributed by atoms with Crippen molar-refractivity contribution in [3.63, 3.8) is 0 Å². The molecule has 0 radical (unpaired) electrons. The highest BCUT2D eigenvalue weighted by Gasteiger charge is 2.34. The van der Waals surface area contributed by atoms with Crippen LogP contribution in [0, 0.1) is 0 Å². The highest BCUT2D eigenvalue weighted by molar-refractivity contribution is 5.97. The summed E-state index contributed by atoms with van der Waals surface area (Å²) < 4.78 is 10.9. The number of methoxy groups -OCH3 is 1. The van der Waals surface area contributed by atoms with Gasteiger partial charge in [-0.25, -0.2) is 0 Å². The molecular weight excluding hydrogens is 320 g/mol. The molecule has 2 heterocycles. The minimum absolute atomic E-state index is 0.0818. The first kappa shape index (κ1) is 16.1. The number of amides is 1. The maximum atomic E-state index is 12.8. The average Bonchev–Trinajstić information content (AvgIpc) is 3.39. The molecule has 7 heteroatoms. The van der Waals surface area contributed by atoms with E-state index >= 15 is 0 Å². The van der Waals surface area contributed by atoms with Crippen LogP contribution in [0.15, 0.2) is 28.7 Å². The minimum Gasteiger partial charge on any atom is -0.497 e. The van der Waals surface area contributed by atoms with E-state index in [0.29, 0.717) is 24.9 Å².